The summed E-state index contributed by atoms with van der Waals surface area (Å²) in [5, 5.41) is 13.6. The fourth-order valence-electron chi connectivity index (χ4n) is 2.68. The van der Waals surface area contributed by atoms with E-state index in [2.05, 4.69) is 10.3 Å². The lowest BCUT2D eigenvalue weighted by Crippen LogP contribution is -2.30. The van der Waals surface area contributed by atoms with Crippen molar-refractivity contribution in [2.45, 2.75) is 38.3 Å². The Morgan fingerprint density at radius 1 is 1.48 bits per heavy atom. The predicted molar refractivity (Wildman–Crippen MR) is 82.9 cm³/mol. The first-order valence-corrected chi connectivity index (χ1v) is 8.12. The molecule has 2 aromatic rings. The minimum atomic E-state index is -0.366. The topological polar surface area (TPSA) is 45.1 Å². The van der Waals surface area contributed by atoms with Crippen LogP contribution < -0.4 is 5.32 Å². The molecule has 0 radical (unpaired) electrons. The Labute approximate surface area is 127 Å². The fraction of sp³-hybridized carbons (Fsp3) is 0.438. The summed E-state index contributed by atoms with van der Waals surface area (Å²) >= 11 is 1.57. The quantitative estimate of drug-likeness (QED) is 0.911. The van der Waals surface area contributed by atoms with E-state index in [4.69, 9.17) is 0 Å². The SMILES string of the molecule is CC(O)CNC1CCCc2nc(-c3ccccc3F)sc21. The van der Waals surface area contributed by atoms with Crippen LogP contribution in [0.2, 0.25) is 0 Å². The van der Waals surface area contributed by atoms with Crippen molar-refractivity contribution in [1.29, 1.82) is 0 Å². The van der Waals surface area contributed by atoms with Crippen molar-refractivity contribution >= 4 is 11.3 Å². The summed E-state index contributed by atoms with van der Waals surface area (Å²) in [5.74, 6) is -0.225. The number of nitrogens with zero attached hydrogens (tertiary/aromatic N) is 1. The molecule has 1 aromatic heterocycles. The Morgan fingerprint density at radius 2 is 2.29 bits per heavy atom. The van der Waals surface area contributed by atoms with Gasteiger partial charge in [0.25, 0.3) is 0 Å². The molecular weight excluding hydrogens is 287 g/mol. The van der Waals surface area contributed by atoms with Crippen LogP contribution in [0.1, 0.15) is 36.4 Å². The van der Waals surface area contributed by atoms with E-state index in [9.17, 15) is 9.50 Å². The standard InChI is InChI=1S/C16H19FN2OS/c1-10(20)9-18-13-7-4-8-14-15(13)21-16(19-14)11-5-2-3-6-12(11)17/h2-3,5-6,10,13,18,20H,4,7-9H2,1H3. The molecule has 0 saturated carbocycles. The summed E-state index contributed by atoms with van der Waals surface area (Å²) in [6.07, 6.45) is 2.70. The maximum absolute atomic E-state index is 13.9. The lowest BCUT2D eigenvalue weighted by molar-refractivity contribution is 0.184. The van der Waals surface area contributed by atoms with Gasteiger partial charge in [0.05, 0.1) is 11.8 Å². The highest BCUT2D eigenvalue weighted by Crippen LogP contribution is 2.38. The lowest BCUT2D eigenvalue weighted by atomic mass is 9.98. The molecule has 5 heteroatoms. The van der Waals surface area contributed by atoms with Crippen LogP contribution >= 0.6 is 11.3 Å². The molecule has 2 N–H and O–H groups in total. The number of aryl methyl sites for hydroxylation is 1. The van der Waals surface area contributed by atoms with Gasteiger partial charge in [0.2, 0.25) is 0 Å². The zero-order valence-corrected chi connectivity index (χ0v) is 12.8. The van der Waals surface area contributed by atoms with Gasteiger partial charge in [-0.3, -0.25) is 0 Å². The van der Waals surface area contributed by atoms with Crippen molar-refractivity contribution in [3.8, 4) is 10.6 Å². The number of rotatable bonds is 4. The molecule has 0 bridgehead atoms. The maximum atomic E-state index is 13.9. The van der Waals surface area contributed by atoms with Crippen molar-refractivity contribution in [3.63, 3.8) is 0 Å². The summed E-state index contributed by atoms with van der Waals surface area (Å²) in [7, 11) is 0. The summed E-state index contributed by atoms with van der Waals surface area (Å²) in [4.78, 5) is 5.83. The van der Waals surface area contributed by atoms with E-state index in [1.807, 2.05) is 6.07 Å². The van der Waals surface area contributed by atoms with Gasteiger partial charge in [-0.2, -0.15) is 0 Å². The van der Waals surface area contributed by atoms with E-state index >= 15 is 0 Å². The third-order valence-electron chi connectivity index (χ3n) is 3.71. The Kier molecular flexibility index (Phi) is 4.33. The minimum Gasteiger partial charge on any atom is -0.392 e. The number of thiazole rings is 1. The number of hydrogen-bond donors (Lipinski definition) is 2. The molecule has 112 valence electrons. The van der Waals surface area contributed by atoms with Crippen molar-refractivity contribution in [2.24, 2.45) is 0 Å². The van der Waals surface area contributed by atoms with Crippen LogP contribution in [-0.2, 0) is 6.42 Å². The highest BCUT2D eigenvalue weighted by atomic mass is 32.1. The Balaban J connectivity index is 1.89. The second kappa shape index (κ2) is 6.22. The summed E-state index contributed by atoms with van der Waals surface area (Å²) in [6.45, 7) is 2.34. The first-order valence-electron chi connectivity index (χ1n) is 7.31. The van der Waals surface area contributed by atoms with Crippen molar-refractivity contribution in [3.05, 3.63) is 40.7 Å². The molecule has 1 heterocycles. The van der Waals surface area contributed by atoms with E-state index in [0.717, 1.165) is 30.0 Å². The normalized spacial score (nSPS) is 19.3. The van der Waals surface area contributed by atoms with Crippen molar-refractivity contribution in [1.82, 2.24) is 10.3 Å². The lowest BCUT2D eigenvalue weighted by Gasteiger charge is -2.23. The molecule has 1 aliphatic carbocycles. The van der Waals surface area contributed by atoms with Gasteiger partial charge in [-0.05, 0) is 38.3 Å². The first-order chi connectivity index (χ1) is 10.1. The van der Waals surface area contributed by atoms with Crippen LogP contribution in [-0.4, -0.2) is 22.7 Å². The zero-order valence-electron chi connectivity index (χ0n) is 12.0. The number of aliphatic hydroxyl groups excluding tert-OH is 1. The molecule has 21 heavy (non-hydrogen) atoms. The van der Waals surface area contributed by atoms with Crippen LogP contribution in [0.5, 0.6) is 0 Å². The molecule has 2 unspecified atom stereocenters. The number of nitrogens with one attached hydrogen (secondary N) is 1. The zero-order chi connectivity index (χ0) is 14.8. The van der Waals surface area contributed by atoms with Gasteiger partial charge in [0.1, 0.15) is 10.8 Å². The third kappa shape index (κ3) is 3.15. The van der Waals surface area contributed by atoms with Gasteiger partial charge >= 0.3 is 0 Å². The number of aliphatic hydroxyl groups is 1. The van der Waals surface area contributed by atoms with E-state index in [1.54, 1.807) is 30.4 Å². The molecular formula is C16H19FN2OS. The van der Waals surface area contributed by atoms with Crippen LogP contribution in [0.25, 0.3) is 10.6 Å². The number of halogens is 1. The minimum absolute atomic E-state index is 0.223. The highest BCUT2D eigenvalue weighted by molar-refractivity contribution is 7.15. The van der Waals surface area contributed by atoms with Gasteiger partial charge in [-0.15, -0.1) is 11.3 Å². The monoisotopic (exact) mass is 306 g/mol. The average Bonchev–Trinajstić information content (AvgIpc) is 2.89. The molecule has 1 aliphatic rings. The van der Waals surface area contributed by atoms with Gasteiger partial charge in [-0.25, -0.2) is 9.37 Å². The average molecular weight is 306 g/mol. The van der Waals surface area contributed by atoms with Gasteiger partial charge in [-0.1, -0.05) is 12.1 Å². The molecule has 3 rings (SSSR count). The van der Waals surface area contributed by atoms with Crippen molar-refractivity contribution < 1.29 is 9.50 Å². The first kappa shape index (κ1) is 14.6. The van der Waals surface area contributed by atoms with Gasteiger partial charge in [0.15, 0.2) is 0 Å². The Morgan fingerprint density at radius 3 is 3.05 bits per heavy atom. The molecule has 0 saturated heterocycles. The highest BCUT2D eigenvalue weighted by Gasteiger charge is 2.25. The Bertz CT molecular complexity index is 626. The molecule has 2 atom stereocenters. The molecule has 3 nitrogen and oxygen atoms in total. The Hall–Kier alpha value is -1.30. The van der Waals surface area contributed by atoms with Crippen LogP contribution in [0.15, 0.2) is 24.3 Å². The summed E-state index contributed by atoms with van der Waals surface area (Å²) in [5.41, 5.74) is 1.65. The maximum Gasteiger partial charge on any atom is 0.133 e. The van der Waals surface area contributed by atoms with Gasteiger partial charge < -0.3 is 10.4 Å². The van der Waals surface area contributed by atoms with Crippen LogP contribution in [0, 0.1) is 5.82 Å². The molecule has 0 spiro atoms. The van der Waals surface area contributed by atoms with Crippen LogP contribution in [0.3, 0.4) is 0 Å². The van der Waals surface area contributed by atoms with Gasteiger partial charge in [0, 0.05) is 23.0 Å². The molecule has 1 aromatic carbocycles. The molecule has 0 aliphatic heterocycles. The van der Waals surface area contributed by atoms with E-state index in [1.165, 1.54) is 10.9 Å². The molecule has 0 fully saturated rings. The van der Waals surface area contributed by atoms with E-state index < -0.39 is 0 Å². The number of aromatic nitrogens is 1. The third-order valence-corrected chi connectivity index (χ3v) is 4.96. The summed E-state index contributed by atoms with van der Waals surface area (Å²) in [6, 6.07) is 7.00. The molecule has 0 amide bonds. The van der Waals surface area contributed by atoms with Crippen LogP contribution in [0.4, 0.5) is 4.39 Å². The largest absolute Gasteiger partial charge is 0.392 e. The number of hydrogen-bond acceptors (Lipinski definition) is 4. The second-order valence-electron chi connectivity index (χ2n) is 5.51. The fourth-order valence-corrected chi connectivity index (χ4v) is 3.93. The smallest absolute Gasteiger partial charge is 0.133 e. The number of benzene rings is 1. The number of fused-ring (bicyclic) bond motifs is 1. The van der Waals surface area contributed by atoms with E-state index in [0.29, 0.717) is 12.1 Å². The summed E-state index contributed by atoms with van der Waals surface area (Å²) < 4.78 is 13.9. The second-order valence-corrected chi connectivity index (χ2v) is 6.54. The predicted octanol–water partition coefficient (Wildman–Crippen LogP) is 3.30. The van der Waals surface area contributed by atoms with E-state index in [-0.39, 0.29) is 18.0 Å². The van der Waals surface area contributed by atoms with Crippen molar-refractivity contribution in [2.75, 3.05) is 6.54 Å².